The number of nitrogens with one attached hydrogen (secondary N) is 1. The molecule has 1 N–H and O–H groups in total. The van der Waals surface area contributed by atoms with Gasteiger partial charge in [-0.25, -0.2) is 4.98 Å². The van der Waals surface area contributed by atoms with E-state index in [0.717, 1.165) is 39.5 Å². The first-order chi connectivity index (χ1) is 13.0. The Morgan fingerprint density at radius 3 is 2.81 bits per heavy atom. The van der Waals surface area contributed by atoms with Crippen LogP contribution in [-0.4, -0.2) is 28.8 Å². The van der Waals surface area contributed by atoms with E-state index in [4.69, 9.17) is 4.74 Å². The predicted molar refractivity (Wildman–Crippen MR) is 111 cm³/mol. The molecule has 0 bridgehead atoms. The van der Waals surface area contributed by atoms with E-state index in [9.17, 15) is 4.79 Å². The lowest BCUT2D eigenvalue weighted by Gasteiger charge is -2.18. The maximum Gasteiger partial charge on any atom is 0.240 e. The summed E-state index contributed by atoms with van der Waals surface area (Å²) in [6.07, 6.45) is 2.04. The van der Waals surface area contributed by atoms with E-state index in [1.807, 2.05) is 61.1 Å². The Morgan fingerprint density at radius 2 is 2.07 bits per heavy atom. The number of thioether (sulfide) groups is 1. The molecule has 142 valence electrons. The van der Waals surface area contributed by atoms with E-state index in [0.29, 0.717) is 0 Å². The zero-order valence-electron chi connectivity index (χ0n) is 16.2. The Hall–Kier alpha value is -2.47. The molecule has 5 nitrogen and oxygen atoms in total. The topological polar surface area (TPSA) is 56.1 Å². The van der Waals surface area contributed by atoms with Crippen LogP contribution < -0.4 is 10.1 Å². The lowest BCUT2D eigenvalue weighted by atomic mass is 10.0. The molecule has 1 heterocycles. The molecular formula is C21H25N3O2S. The van der Waals surface area contributed by atoms with Crippen LogP contribution in [0.15, 0.2) is 42.5 Å². The van der Waals surface area contributed by atoms with E-state index in [2.05, 4.69) is 16.4 Å². The van der Waals surface area contributed by atoms with Crippen LogP contribution >= 0.6 is 11.8 Å². The normalized spacial score (nSPS) is 12.1. The van der Waals surface area contributed by atoms with Gasteiger partial charge in [-0.15, -0.1) is 0 Å². The van der Waals surface area contributed by atoms with Crippen LogP contribution in [0, 0.1) is 6.92 Å². The second-order valence-electron chi connectivity index (χ2n) is 6.57. The lowest BCUT2D eigenvalue weighted by molar-refractivity contribution is -0.122. The average molecular weight is 384 g/mol. The molecule has 0 aliphatic heterocycles. The SMILES string of the molecule is COc1ccc(C)cc1C(C)NC(=O)Cn1c(CSC)nc2ccccc21. The van der Waals surface area contributed by atoms with Crippen molar-refractivity contribution < 1.29 is 9.53 Å². The van der Waals surface area contributed by atoms with Gasteiger partial charge in [0.2, 0.25) is 5.91 Å². The molecule has 0 saturated heterocycles. The first-order valence-corrected chi connectivity index (χ1v) is 10.3. The molecule has 0 radical (unpaired) electrons. The third-order valence-corrected chi connectivity index (χ3v) is 5.08. The Balaban J connectivity index is 1.81. The van der Waals surface area contributed by atoms with Crippen LogP contribution in [-0.2, 0) is 17.1 Å². The lowest BCUT2D eigenvalue weighted by Crippen LogP contribution is -2.30. The molecule has 3 aromatic rings. The summed E-state index contributed by atoms with van der Waals surface area (Å²) in [5.74, 6) is 2.42. The molecule has 1 unspecified atom stereocenters. The number of methoxy groups -OCH3 is 1. The number of rotatable bonds is 7. The van der Waals surface area contributed by atoms with Crippen LogP contribution in [0.4, 0.5) is 0 Å². The van der Waals surface area contributed by atoms with Gasteiger partial charge < -0.3 is 14.6 Å². The molecule has 0 aliphatic carbocycles. The largest absolute Gasteiger partial charge is 0.496 e. The van der Waals surface area contributed by atoms with Crippen molar-refractivity contribution >= 4 is 28.7 Å². The summed E-state index contributed by atoms with van der Waals surface area (Å²) in [5, 5.41) is 3.10. The highest BCUT2D eigenvalue weighted by Crippen LogP contribution is 2.26. The fourth-order valence-electron chi connectivity index (χ4n) is 3.24. The number of hydrogen-bond acceptors (Lipinski definition) is 4. The minimum Gasteiger partial charge on any atom is -0.496 e. The highest BCUT2D eigenvalue weighted by molar-refractivity contribution is 7.97. The minimum atomic E-state index is -0.147. The van der Waals surface area contributed by atoms with Crippen molar-refractivity contribution in [1.29, 1.82) is 0 Å². The molecule has 27 heavy (non-hydrogen) atoms. The highest BCUT2D eigenvalue weighted by atomic mass is 32.2. The van der Waals surface area contributed by atoms with Gasteiger partial charge in [0.05, 0.1) is 29.9 Å². The average Bonchev–Trinajstić information content (AvgIpc) is 2.99. The zero-order chi connectivity index (χ0) is 19.4. The third-order valence-electron chi connectivity index (χ3n) is 4.54. The standard InChI is InChI=1S/C21H25N3O2S/c1-14-9-10-19(26-3)16(11-14)15(2)22-21(25)12-24-18-8-6-5-7-17(18)23-20(24)13-27-4/h5-11,15H,12-13H2,1-4H3,(H,22,25). The minimum absolute atomic E-state index is 0.0448. The van der Waals surface area contributed by atoms with Gasteiger partial charge in [0.15, 0.2) is 0 Å². The Bertz CT molecular complexity index is 952. The van der Waals surface area contributed by atoms with Gasteiger partial charge in [-0.1, -0.05) is 29.8 Å². The molecule has 1 amide bonds. The van der Waals surface area contributed by atoms with Gasteiger partial charge in [-0.05, 0) is 38.3 Å². The molecule has 0 spiro atoms. The van der Waals surface area contributed by atoms with Crippen molar-refractivity contribution in [2.75, 3.05) is 13.4 Å². The molecule has 0 fully saturated rings. The van der Waals surface area contributed by atoms with Gasteiger partial charge in [0, 0.05) is 5.56 Å². The van der Waals surface area contributed by atoms with Gasteiger partial charge in [-0.3, -0.25) is 4.79 Å². The maximum atomic E-state index is 12.8. The number of ether oxygens (including phenoxy) is 1. The zero-order valence-corrected chi connectivity index (χ0v) is 17.0. The van der Waals surface area contributed by atoms with Crippen molar-refractivity contribution in [3.8, 4) is 5.75 Å². The first-order valence-electron chi connectivity index (χ1n) is 8.90. The number of benzene rings is 2. The predicted octanol–water partition coefficient (Wildman–Crippen LogP) is 4.09. The number of carbonyl (C=O) groups is 1. The number of imidazole rings is 1. The summed E-state index contributed by atoms with van der Waals surface area (Å²) < 4.78 is 7.45. The number of aryl methyl sites for hydroxylation is 1. The summed E-state index contributed by atoms with van der Waals surface area (Å²) in [7, 11) is 1.65. The summed E-state index contributed by atoms with van der Waals surface area (Å²) in [6, 6.07) is 13.8. The van der Waals surface area contributed by atoms with Crippen LogP contribution in [0.1, 0.15) is 29.9 Å². The van der Waals surface area contributed by atoms with Crippen molar-refractivity contribution in [1.82, 2.24) is 14.9 Å². The van der Waals surface area contributed by atoms with E-state index in [1.165, 1.54) is 0 Å². The number of aromatic nitrogens is 2. The fourth-order valence-corrected chi connectivity index (χ4v) is 3.72. The highest BCUT2D eigenvalue weighted by Gasteiger charge is 2.17. The molecule has 0 aliphatic rings. The van der Waals surface area contributed by atoms with Crippen LogP contribution in [0.3, 0.4) is 0 Å². The number of amides is 1. The maximum absolute atomic E-state index is 12.8. The van der Waals surface area contributed by atoms with E-state index < -0.39 is 0 Å². The van der Waals surface area contributed by atoms with E-state index in [1.54, 1.807) is 18.9 Å². The molecule has 2 aromatic carbocycles. The number of para-hydroxylation sites is 2. The Morgan fingerprint density at radius 1 is 1.30 bits per heavy atom. The molecule has 1 aromatic heterocycles. The second-order valence-corrected chi connectivity index (χ2v) is 7.44. The summed E-state index contributed by atoms with van der Waals surface area (Å²) >= 11 is 1.70. The monoisotopic (exact) mass is 383 g/mol. The number of carbonyl (C=O) groups excluding carboxylic acids is 1. The van der Waals surface area contributed by atoms with E-state index in [-0.39, 0.29) is 18.5 Å². The smallest absolute Gasteiger partial charge is 0.240 e. The van der Waals surface area contributed by atoms with Crippen molar-refractivity contribution in [3.63, 3.8) is 0 Å². The quantitative estimate of drug-likeness (QED) is 0.668. The molecule has 3 rings (SSSR count). The molecule has 0 saturated carbocycles. The van der Waals surface area contributed by atoms with Crippen molar-refractivity contribution in [2.45, 2.75) is 32.2 Å². The summed E-state index contributed by atoms with van der Waals surface area (Å²) in [5.41, 5.74) is 4.01. The molecular weight excluding hydrogens is 358 g/mol. The summed E-state index contributed by atoms with van der Waals surface area (Å²) in [6.45, 7) is 4.25. The first kappa shape index (κ1) is 19.3. The van der Waals surface area contributed by atoms with Gasteiger partial charge in [0.25, 0.3) is 0 Å². The van der Waals surface area contributed by atoms with Crippen molar-refractivity contribution in [3.05, 3.63) is 59.4 Å². The van der Waals surface area contributed by atoms with E-state index >= 15 is 0 Å². The second kappa shape index (κ2) is 8.48. The number of hydrogen-bond donors (Lipinski definition) is 1. The number of fused-ring (bicyclic) bond motifs is 1. The Labute approximate surface area is 164 Å². The molecule has 1 atom stereocenters. The summed E-state index contributed by atoms with van der Waals surface area (Å²) in [4.78, 5) is 17.4. The molecule has 6 heteroatoms. The fraction of sp³-hybridized carbons (Fsp3) is 0.333. The van der Waals surface area contributed by atoms with Crippen molar-refractivity contribution in [2.24, 2.45) is 0 Å². The van der Waals surface area contributed by atoms with Gasteiger partial charge in [0.1, 0.15) is 18.1 Å². The number of nitrogens with zero attached hydrogens (tertiary/aromatic N) is 2. The van der Waals surface area contributed by atoms with Crippen LogP contribution in [0.2, 0.25) is 0 Å². The van der Waals surface area contributed by atoms with Crippen LogP contribution in [0.25, 0.3) is 11.0 Å². The van der Waals surface area contributed by atoms with Gasteiger partial charge >= 0.3 is 0 Å². The van der Waals surface area contributed by atoms with Crippen LogP contribution in [0.5, 0.6) is 5.75 Å². The Kier molecular flexibility index (Phi) is 6.06. The van der Waals surface area contributed by atoms with Gasteiger partial charge in [-0.2, -0.15) is 11.8 Å². The third kappa shape index (κ3) is 4.27.